The molecule has 7 heteroatoms. The fraction of sp³-hybridized carbons (Fsp3) is 0.0312. The predicted molar refractivity (Wildman–Crippen MR) is 144 cm³/mol. The van der Waals surface area contributed by atoms with E-state index in [1.807, 2.05) is 36.4 Å². The Morgan fingerprint density at radius 1 is 0.718 bits per heavy atom. The van der Waals surface area contributed by atoms with Crippen molar-refractivity contribution in [2.45, 2.75) is 6.04 Å². The monoisotopic (exact) mass is 514 g/mol. The van der Waals surface area contributed by atoms with Gasteiger partial charge in [0, 0.05) is 27.7 Å². The molecular weight excluding hydrogens is 494 g/mol. The van der Waals surface area contributed by atoms with Gasteiger partial charge in [-0.3, -0.25) is 9.59 Å². The highest BCUT2D eigenvalue weighted by Gasteiger charge is 2.48. The molecule has 0 aromatic heterocycles. The van der Waals surface area contributed by atoms with Crippen molar-refractivity contribution in [1.82, 2.24) is 0 Å². The summed E-state index contributed by atoms with van der Waals surface area (Å²) in [6.07, 6.45) is 0. The second kappa shape index (κ2) is 9.46. The van der Waals surface area contributed by atoms with E-state index in [9.17, 15) is 19.3 Å². The van der Waals surface area contributed by atoms with Crippen LogP contribution in [0.3, 0.4) is 0 Å². The van der Waals surface area contributed by atoms with Gasteiger partial charge in [-0.05, 0) is 71.4 Å². The number of carboxylic acid groups (broad SMARTS) is 1. The molecule has 0 saturated heterocycles. The molecule has 5 aromatic rings. The first-order valence-corrected chi connectivity index (χ1v) is 12.2. The molecule has 1 atom stereocenters. The minimum atomic E-state index is -1.02. The number of carbonyl (C=O) groups excluding carboxylic acids is 2. The number of aromatic carboxylic acids is 1. The van der Waals surface area contributed by atoms with Crippen molar-refractivity contribution < 1.29 is 29.0 Å². The maximum atomic E-state index is 13.4. The summed E-state index contributed by atoms with van der Waals surface area (Å²) in [5, 5.41) is 10.8. The first kappa shape index (κ1) is 23.9. The number of carboxylic acids is 1. The van der Waals surface area contributed by atoms with E-state index in [-0.39, 0.29) is 28.4 Å². The Morgan fingerprint density at radius 2 is 1.33 bits per heavy atom. The van der Waals surface area contributed by atoms with Gasteiger partial charge in [-0.25, -0.2) is 4.79 Å². The maximum Gasteiger partial charge on any atom is 0.335 e. The van der Waals surface area contributed by atoms with Gasteiger partial charge in [-0.15, -0.1) is 0 Å². The smallest absolute Gasteiger partial charge is 0.335 e. The molecule has 6 rings (SSSR count). The summed E-state index contributed by atoms with van der Waals surface area (Å²) in [7, 11) is 0. The Bertz CT molecular complexity index is 1800. The van der Waals surface area contributed by atoms with E-state index in [0.29, 0.717) is 32.9 Å². The van der Waals surface area contributed by atoms with Gasteiger partial charge in [-0.1, -0.05) is 42.5 Å². The molecule has 0 amide bonds. The summed E-state index contributed by atoms with van der Waals surface area (Å²) < 4.78 is 6.43. The molecule has 7 nitrogen and oxygen atoms in total. The summed E-state index contributed by atoms with van der Waals surface area (Å²) in [4.78, 5) is 50.9. The van der Waals surface area contributed by atoms with Crippen LogP contribution >= 0.6 is 0 Å². The van der Waals surface area contributed by atoms with Gasteiger partial charge in [0.05, 0.1) is 10.3 Å². The lowest BCUT2D eigenvalue weighted by atomic mass is 9.95. The summed E-state index contributed by atoms with van der Waals surface area (Å²) >= 11 is 0. The molecule has 0 fully saturated rings. The van der Waals surface area contributed by atoms with Crippen LogP contribution in [0.2, 0.25) is 0 Å². The highest BCUT2D eigenvalue weighted by Crippen LogP contribution is 2.41. The average Bonchev–Trinajstić information content (AvgIpc) is 3.21. The van der Waals surface area contributed by atoms with E-state index in [1.165, 1.54) is 18.2 Å². The Morgan fingerprint density at radius 3 is 2.03 bits per heavy atom. The minimum absolute atomic E-state index is 0.152. The van der Waals surface area contributed by atoms with Crippen LogP contribution in [0.25, 0.3) is 10.8 Å². The van der Waals surface area contributed by atoms with Crippen LogP contribution in [0.15, 0.2) is 109 Å². The zero-order chi connectivity index (χ0) is 27.1. The van der Waals surface area contributed by atoms with Crippen LogP contribution in [-0.2, 0) is 0 Å². The molecule has 1 aliphatic rings. The number of Topliss-reactive ketones (excluding diaryl/α,β-unsaturated/α-hetero) is 1. The van der Waals surface area contributed by atoms with Crippen LogP contribution in [0.1, 0.15) is 48.2 Å². The number of ketones is 2. The summed E-state index contributed by atoms with van der Waals surface area (Å²) in [6.45, 7) is 0. The van der Waals surface area contributed by atoms with Crippen molar-refractivity contribution in [2.24, 2.45) is 0 Å². The molecule has 5 aromatic carbocycles. The maximum absolute atomic E-state index is 13.4. The molecular formula is C32H20NO6+. The molecule has 1 unspecified atom stereocenters. The third kappa shape index (κ3) is 4.26. The first-order chi connectivity index (χ1) is 18.9. The molecule has 0 bridgehead atoms. The van der Waals surface area contributed by atoms with Crippen molar-refractivity contribution in [3.8, 4) is 11.5 Å². The largest absolute Gasteiger partial charge is 0.478 e. The van der Waals surface area contributed by atoms with Gasteiger partial charge >= 0.3 is 5.97 Å². The highest BCUT2D eigenvalue weighted by atomic mass is 16.5. The normalized spacial score (nSPS) is 14.3. The Balaban J connectivity index is 1.24. The molecule has 188 valence electrons. The van der Waals surface area contributed by atoms with Gasteiger partial charge in [0.15, 0.2) is 5.78 Å². The van der Waals surface area contributed by atoms with E-state index in [2.05, 4.69) is 0 Å². The van der Waals surface area contributed by atoms with Crippen LogP contribution in [0, 0.1) is 4.91 Å². The predicted octanol–water partition coefficient (Wildman–Crippen LogP) is 6.91. The molecule has 39 heavy (non-hydrogen) atoms. The van der Waals surface area contributed by atoms with Crippen molar-refractivity contribution in [2.75, 3.05) is 0 Å². The quantitative estimate of drug-likeness (QED) is 0.195. The Labute approximate surface area is 222 Å². The van der Waals surface area contributed by atoms with E-state index in [0.717, 1.165) is 10.8 Å². The topological polar surface area (TPSA) is 101 Å². The number of ether oxygens (including phenoxy) is 1. The first-order valence-electron chi connectivity index (χ1n) is 12.2. The summed E-state index contributed by atoms with van der Waals surface area (Å²) in [6, 6.07) is 29.2. The van der Waals surface area contributed by atoms with Crippen molar-refractivity contribution in [3.63, 3.8) is 0 Å². The van der Waals surface area contributed by atoms with Crippen LogP contribution in [0.5, 0.6) is 11.5 Å². The highest BCUT2D eigenvalue weighted by molar-refractivity contribution is 6.12. The van der Waals surface area contributed by atoms with Crippen LogP contribution in [0.4, 0.5) is 5.69 Å². The van der Waals surface area contributed by atoms with E-state index >= 15 is 0 Å². The number of nitroso groups, excluding NO2 is 1. The summed E-state index contributed by atoms with van der Waals surface area (Å²) in [5.41, 5.74) is 1.92. The molecule has 1 aliphatic heterocycles. The zero-order valence-corrected chi connectivity index (χ0v) is 20.4. The zero-order valence-electron chi connectivity index (χ0n) is 20.4. The molecule has 0 radical (unpaired) electrons. The summed E-state index contributed by atoms with van der Waals surface area (Å²) in [5.74, 6) is -0.695. The lowest BCUT2D eigenvalue weighted by Gasteiger charge is -2.07. The van der Waals surface area contributed by atoms with Gasteiger partial charge in [0.2, 0.25) is 5.78 Å². The SMILES string of the molecule is O=C(O)c1ccc(Oc2ccc(C(=O)c3ccc4c(c3)[N+](=O)C(c3cccc5ccccc35)C4=O)cc2)cc1. The molecule has 1 N–H and O–H groups in total. The van der Waals surface area contributed by atoms with Gasteiger partial charge in [0.1, 0.15) is 17.1 Å². The molecule has 1 heterocycles. The third-order valence-electron chi connectivity index (χ3n) is 6.82. The molecule has 0 spiro atoms. The number of hydrogen-bond acceptors (Lipinski definition) is 5. The van der Waals surface area contributed by atoms with E-state index in [1.54, 1.807) is 54.6 Å². The number of hydrogen-bond donors (Lipinski definition) is 1. The van der Waals surface area contributed by atoms with Crippen LogP contribution in [-0.4, -0.2) is 27.4 Å². The Kier molecular flexibility index (Phi) is 5.81. The molecule has 0 aliphatic carbocycles. The number of fused-ring (bicyclic) bond motifs is 2. The number of carbonyl (C=O) groups is 3. The second-order valence-electron chi connectivity index (χ2n) is 9.18. The molecule has 0 saturated carbocycles. The number of rotatable bonds is 6. The van der Waals surface area contributed by atoms with Crippen molar-refractivity contribution in [1.29, 1.82) is 0 Å². The van der Waals surface area contributed by atoms with Crippen LogP contribution < -0.4 is 4.74 Å². The minimum Gasteiger partial charge on any atom is -0.478 e. The van der Waals surface area contributed by atoms with Crippen molar-refractivity contribution in [3.05, 3.63) is 142 Å². The van der Waals surface area contributed by atoms with Crippen molar-refractivity contribution >= 4 is 34.0 Å². The van der Waals surface area contributed by atoms with E-state index < -0.39 is 12.0 Å². The average molecular weight is 515 g/mol. The standard InChI is InChI=1S/C32H19NO6/c34-30(20-8-13-23(14-9-20)39-24-15-10-21(11-16-24)32(36)37)22-12-17-27-28(18-22)33(38)29(31(27)35)26-7-3-5-19-4-1-2-6-25(19)26/h1-18,29H/p+1. The van der Waals surface area contributed by atoms with Gasteiger partial charge in [0.25, 0.3) is 11.7 Å². The third-order valence-corrected chi connectivity index (χ3v) is 6.82. The lowest BCUT2D eigenvalue weighted by Crippen LogP contribution is -2.13. The number of nitrogens with zero attached hydrogens (tertiary/aromatic N) is 1. The Hall–Kier alpha value is -5.43. The fourth-order valence-corrected chi connectivity index (χ4v) is 4.86. The van der Waals surface area contributed by atoms with Gasteiger partial charge < -0.3 is 9.84 Å². The fourth-order valence-electron chi connectivity index (χ4n) is 4.86. The number of benzene rings is 5. The van der Waals surface area contributed by atoms with E-state index in [4.69, 9.17) is 9.84 Å². The van der Waals surface area contributed by atoms with Gasteiger partial charge in [-0.2, -0.15) is 0 Å². The second-order valence-corrected chi connectivity index (χ2v) is 9.18. The lowest BCUT2D eigenvalue weighted by molar-refractivity contribution is -0.487.